The highest BCUT2D eigenvalue weighted by Gasteiger charge is 2.46. The third-order valence-corrected chi connectivity index (χ3v) is 7.08. The predicted molar refractivity (Wildman–Crippen MR) is 133 cm³/mol. The molecule has 6 nitrogen and oxygen atoms in total. The maximum Gasteiger partial charge on any atom is 0.257 e. The number of carbonyl (C=O) groups excluding carboxylic acids is 2. The van der Waals surface area contributed by atoms with Gasteiger partial charge in [0, 0.05) is 37.8 Å². The van der Waals surface area contributed by atoms with Gasteiger partial charge in [-0.1, -0.05) is 30.3 Å². The second kappa shape index (κ2) is 9.15. The molecule has 0 radical (unpaired) electrons. The summed E-state index contributed by atoms with van der Waals surface area (Å²) in [6, 6.07) is 19.0. The summed E-state index contributed by atoms with van der Waals surface area (Å²) in [4.78, 5) is 29.2. The van der Waals surface area contributed by atoms with E-state index in [0.29, 0.717) is 18.5 Å². The number of nitrogens with zero attached hydrogens (tertiary/aromatic N) is 2. The highest BCUT2D eigenvalue weighted by atomic mass is 19.1. The molecule has 1 fully saturated rings. The number of carbonyl (C=O) groups is 2. The largest absolute Gasteiger partial charge is 0.394 e. The van der Waals surface area contributed by atoms with Crippen LogP contribution in [0.1, 0.15) is 38.7 Å². The first-order valence-corrected chi connectivity index (χ1v) is 11.8. The minimum Gasteiger partial charge on any atom is -0.394 e. The van der Waals surface area contributed by atoms with Crippen molar-refractivity contribution in [1.82, 2.24) is 9.80 Å². The molecule has 3 aromatic rings. The Morgan fingerprint density at radius 2 is 1.83 bits per heavy atom. The van der Waals surface area contributed by atoms with Gasteiger partial charge in [-0.2, -0.15) is 0 Å². The van der Waals surface area contributed by atoms with Crippen LogP contribution in [-0.4, -0.2) is 60.0 Å². The van der Waals surface area contributed by atoms with E-state index < -0.39 is 5.82 Å². The molecule has 3 atom stereocenters. The van der Waals surface area contributed by atoms with Gasteiger partial charge in [-0.25, -0.2) is 4.39 Å². The van der Waals surface area contributed by atoms with E-state index in [9.17, 15) is 19.1 Å². The van der Waals surface area contributed by atoms with Gasteiger partial charge in [0.05, 0.1) is 24.3 Å². The van der Waals surface area contributed by atoms with Crippen molar-refractivity contribution in [1.29, 1.82) is 0 Å². The number of benzene rings is 3. The summed E-state index contributed by atoms with van der Waals surface area (Å²) in [5, 5.41) is 13.5. The number of amides is 2. The van der Waals surface area contributed by atoms with Crippen LogP contribution in [-0.2, 0) is 0 Å². The molecule has 180 valence electrons. The van der Waals surface area contributed by atoms with E-state index in [4.69, 9.17) is 0 Å². The van der Waals surface area contributed by atoms with Crippen LogP contribution < -0.4 is 5.32 Å². The van der Waals surface area contributed by atoms with Crippen molar-refractivity contribution in [2.24, 2.45) is 5.92 Å². The first-order chi connectivity index (χ1) is 16.9. The molecule has 5 rings (SSSR count). The van der Waals surface area contributed by atoms with Gasteiger partial charge >= 0.3 is 0 Å². The van der Waals surface area contributed by atoms with Crippen LogP contribution in [0.5, 0.6) is 0 Å². The number of aliphatic hydroxyl groups excluding tert-OH is 1. The van der Waals surface area contributed by atoms with Crippen molar-refractivity contribution in [3.63, 3.8) is 0 Å². The van der Waals surface area contributed by atoms with Crippen LogP contribution in [0.15, 0.2) is 66.7 Å². The molecule has 2 amide bonds. The van der Waals surface area contributed by atoms with Crippen LogP contribution in [0.2, 0.25) is 0 Å². The van der Waals surface area contributed by atoms with E-state index in [2.05, 4.69) is 5.32 Å². The summed E-state index contributed by atoms with van der Waals surface area (Å²) in [7, 11) is 3.44. The van der Waals surface area contributed by atoms with Crippen LogP contribution in [0.3, 0.4) is 0 Å². The van der Waals surface area contributed by atoms with Crippen molar-refractivity contribution >= 4 is 17.5 Å². The number of rotatable bonds is 4. The molecule has 0 spiro atoms. The van der Waals surface area contributed by atoms with Gasteiger partial charge in [0.2, 0.25) is 0 Å². The number of nitrogens with one attached hydrogen (secondary N) is 1. The van der Waals surface area contributed by atoms with Gasteiger partial charge in [0.15, 0.2) is 0 Å². The Morgan fingerprint density at radius 1 is 1.06 bits per heavy atom. The average Bonchev–Trinajstić information content (AvgIpc) is 3.33. The second-order valence-corrected chi connectivity index (χ2v) is 9.39. The molecule has 0 aliphatic carbocycles. The van der Waals surface area contributed by atoms with Crippen molar-refractivity contribution in [2.75, 3.05) is 32.6 Å². The Labute approximate surface area is 204 Å². The molecule has 35 heavy (non-hydrogen) atoms. The smallest absolute Gasteiger partial charge is 0.257 e. The molecule has 7 heteroatoms. The van der Waals surface area contributed by atoms with Gasteiger partial charge < -0.3 is 20.2 Å². The third-order valence-electron chi connectivity index (χ3n) is 7.08. The Bertz CT molecular complexity index is 1290. The van der Waals surface area contributed by atoms with Crippen LogP contribution in [0.25, 0.3) is 11.1 Å². The van der Waals surface area contributed by atoms with E-state index in [1.54, 1.807) is 42.1 Å². The molecule has 2 heterocycles. The lowest BCUT2D eigenvalue weighted by Gasteiger charge is -2.39. The molecule has 1 saturated heterocycles. The fraction of sp³-hybridized carbons (Fsp3) is 0.286. The lowest BCUT2D eigenvalue weighted by atomic mass is 9.82. The minimum atomic E-state index is -0.537. The Balaban J connectivity index is 1.56. The fourth-order valence-corrected chi connectivity index (χ4v) is 5.35. The quantitative estimate of drug-likeness (QED) is 0.596. The molecule has 0 bridgehead atoms. The summed E-state index contributed by atoms with van der Waals surface area (Å²) >= 11 is 0. The van der Waals surface area contributed by atoms with Crippen molar-refractivity contribution in [3.05, 3.63) is 89.2 Å². The van der Waals surface area contributed by atoms with Gasteiger partial charge in [0.25, 0.3) is 11.8 Å². The molecule has 2 aliphatic rings. The Kier molecular flexibility index (Phi) is 6.03. The molecule has 0 aromatic heterocycles. The second-order valence-electron chi connectivity index (χ2n) is 9.39. The average molecular weight is 474 g/mol. The van der Waals surface area contributed by atoms with Crippen molar-refractivity contribution in [2.45, 2.75) is 18.5 Å². The van der Waals surface area contributed by atoms with Gasteiger partial charge in [0.1, 0.15) is 5.82 Å². The number of halogens is 1. The highest BCUT2D eigenvalue weighted by molar-refractivity contribution is 5.96. The number of hydrogen-bond acceptors (Lipinski definition) is 4. The summed E-state index contributed by atoms with van der Waals surface area (Å²) in [6.45, 7) is 0.427. The minimum absolute atomic E-state index is 0.000117. The number of aliphatic hydroxyl groups is 1. The zero-order valence-electron chi connectivity index (χ0n) is 19.7. The molecule has 3 aromatic carbocycles. The number of hydrogen-bond donors (Lipinski definition) is 2. The summed E-state index contributed by atoms with van der Waals surface area (Å²) in [5.41, 5.74) is 4.25. The van der Waals surface area contributed by atoms with E-state index in [1.807, 2.05) is 36.4 Å². The van der Waals surface area contributed by atoms with Crippen LogP contribution in [0.4, 0.5) is 10.1 Å². The maximum absolute atomic E-state index is 14.5. The molecule has 2 aliphatic heterocycles. The van der Waals surface area contributed by atoms with E-state index in [0.717, 1.165) is 22.4 Å². The lowest BCUT2D eigenvalue weighted by molar-refractivity contribution is 0.0696. The van der Waals surface area contributed by atoms with Crippen molar-refractivity contribution in [3.8, 4) is 11.1 Å². The lowest BCUT2D eigenvalue weighted by Crippen LogP contribution is -2.43. The number of fused-ring (bicyclic) bond motifs is 3. The molecule has 0 unspecified atom stereocenters. The van der Waals surface area contributed by atoms with Crippen molar-refractivity contribution < 1.29 is 19.1 Å². The van der Waals surface area contributed by atoms with Gasteiger partial charge in [-0.3, -0.25) is 9.59 Å². The zero-order valence-corrected chi connectivity index (χ0v) is 19.7. The maximum atomic E-state index is 14.5. The topological polar surface area (TPSA) is 72.9 Å². The summed E-state index contributed by atoms with van der Waals surface area (Å²) < 4.78 is 14.5. The van der Waals surface area contributed by atoms with Gasteiger partial charge in [-0.15, -0.1) is 0 Å². The zero-order chi connectivity index (χ0) is 24.7. The molecular weight excluding hydrogens is 445 g/mol. The normalized spacial score (nSPS) is 20.6. The van der Waals surface area contributed by atoms with Crippen LogP contribution in [0, 0.1) is 11.7 Å². The SMILES string of the molecule is CN(C)C(=O)c1cccc(-c2ccc3c(c2)[C@H]2[C@H](CCN2C(=O)c2ccccc2F)[C@H](CO)N3)c1. The number of anilines is 1. The molecular formula is C28H28FN3O3. The molecule has 0 saturated carbocycles. The monoisotopic (exact) mass is 473 g/mol. The highest BCUT2D eigenvalue weighted by Crippen LogP contribution is 2.48. The van der Waals surface area contributed by atoms with Gasteiger partial charge in [-0.05, 0) is 59.5 Å². The Hall–Kier alpha value is -3.71. The van der Waals surface area contributed by atoms with E-state index in [-0.39, 0.29) is 42.0 Å². The first-order valence-electron chi connectivity index (χ1n) is 11.8. The van der Waals surface area contributed by atoms with E-state index >= 15 is 0 Å². The van der Waals surface area contributed by atoms with Crippen LogP contribution >= 0.6 is 0 Å². The standard InChI is InChI=1S/C28H28FN3O3/c1-31(2)27(34)19-7-5-6-17(14-19)18-10-11-24-22(15-18)26-21(25(16-33)30-24)12-13-32(26)28(35)20-8-3-4-9-23(20)29/h3-11,14-15,21,25-26,30,33H,12-13,16H2,1-2H3/t21-,25+,26-/m1/s1. The third kappa shape index (κ3) is 4.06. The Morgan fingerprint density at radius 3 is 2.57 bits per heavy atom. The van der Waals surface area contributed by atoms with E-state index in [1.165, 1.54) is 12.1 Å². The molecule has 2 N–H and O–H groups in total. The fourth-order valence-electron chi connectivity index (χ4n) is 5.35. The first kappa shape index (κ1) is 23.1. The predicted octanol–water partition coefficient (Wildman–Crippen LogP) is 4.18. The summed E-state index contributed by atoms with van der Waals surface area (Å²) in [6.07, 6.45) is 0.708. The summed E-state index contributed by atoms with van der Waals surface area (Å²) in [5.74, 6) is -0.955. The number of likely N-dealkylation sites (tertiary alicyclic amines) is 1.